The van der Waals surface area contributed by atoms with E-state index < -0.39 is 10.0 Å². The van der Waals surface area contributed by atoms with E-state index in [2.05, 4.69) is 9.88 Å². The van der Waals surface area contributed by atoms with E-state index in [9.17, 15) is 13.2 Å². The molecule has 2 saturated heterocycles. The highest BCUT2D eigenvalue weighted by atomic mass is 32.2. The Balaban J connectivity index is 1.38. The zero-order valence-electron chi connectivity index (χ0n) is 18.7. The van der Waals surface area contributed by atoms with Crippen molar-refractivity contribution in [3.63, 3.8) is 0 Å². The van der Waals surface area contributed by atoms with Crippen LogP contribution in [0, 0.1) is 5.92 Å². The van der Waals surface area contributed by atoms with Crippen LogP contribution in [0.5, 0.6) is 5.75 Å². The van der Waals surface area contributed by atoms with Crippen LogP contribution in [-0.2, 0) is 21.4 Å². The summed E-state index contributed by atoms with van der Waals surface area (Å²) >= 11 is 0. The van der Waals surface area contributed by atoms with E-state index >= 15 is 0 Å². The second-order valence-corrected chi connectivity index (χ2v) is 10.1. The van der Waals surface area contributed by atoms with E-state index in [-0.39, 0.29) is 23.4 Å². The molecule has 1 amide bonds. The Morgan fingerprint density at radius 1 is 1.16 bits per heavy atom. The average Bonchev–Trinajstić information content (AvgIpc) is 3.34. The summed E-state index contributed by atoms with van der Waals surface area (Å²) in [6, 6.07) is 7.89. The molecule has 0 aliphatic carbocycles. The normalized spacial score (nSPS) is 20.4. The average molecular weight is 462 g/mol. The Kier molecular flexibility index (Phi) is 6.71. The second-order valence-electron chi connectivity index (χ2n) is 8.23. The van der Waals surface area contributed by atoms with Crippen molar-refractivity contribution in [3.8, 4) is 5.75 Å². The summed E-state index contributed by atoms with van der Waals surface area (Å²) in [4.78, 5) is 21.4. The molecule has 0 unspecified atom stereocenters. The molecule has 1 aromatic carbocycles. The number of carbonyl (C=O) groups excluding carboxylic acids is 1. The van der Waals surface area contributed by atoms with Gasteiger partial charge in [-0.25, -0.2) is 13.4 Å². The number of amides is 1. The van der Waals surface area contributed by atoms with E-state index in [1.54, 1.807) is 17.9 Å². The zero-order valence-corrected chi connectivity index (χ0v) is 19.5. The first-order valence-corrected chi connectivity index (χ1v) is 12.6. The van der Waals surface area contributed by atoms with Gasteiger partial charge in [0.1, 0.15) is 5.75 Å². The van der Waals surface area contributed by atoms with Crippen LogP contribution in [0.25, 0.3) is 0 Å². The molecule has 2 aliphatic rings. The molecule has 1 aromatic heterocycles. The third-order valence-electron chi connectivity index (χ3n) is 6.33. The number of benzene rings is 1. The minimum atomic E-state index is -3.69. The van der Waals surface area contributed by atoms with Gasteiger partial charge in [0, 0.05) is 52.0 Å². The SMILES string of the molecule is CCn1cnc(S(=O)(=O)N2CCC[C@@H](C(=O)N3CCN(c4ccccc4OC)CC3)C2)c1. The molecule has 174 valence electrons. The number of aromatic nitrogens is 2. The lowest BCUT2D eigenvalue weighted by Crippen LogP contribution is -2.53. The number of sulfonamides is 1. The predicted molar refractivity (Wildman–Crippen MR) is 121 cm³/mol. The van der Waals surface area contributed by atoms with E-state index in [4.69, 9.17) is 4.74 Å². The van der Waals surface area contributed by atoms with Crippen molar-refractivity contribution >= 4 is 21.6 Å². The van der Waals surface area contributed by atoms with Gasteiger partial charge in [-0.3, -0.25) is 4.79 Å². The number of methoxy groups -OCH3 is 1. The third kappa shape index (κ3) is 4.47. The number of ether oxygens (including phenoxy) is 1. The Morgan fingerprint density at radius 3 is 2.59 bits per heavy atom. The molecular formula is C22H31N5O4S. The van der Waals surface area contributed by atoms with Crippen LogP contribution in [0.3, 0.4) is 0 Å². The van der Waals surface area contributed by atoms with Gasteiger partial charge in [0.25, 0.3) is 10.0 Å². The Morgan fingerprint density at radius 2 is 1.91 bits per heavy atom. The Hall–Kier alpha value is -2.59. The number of piperazine rings is 1. The summed E-state index contributed by atoms with van der Waals surface area (Å²) in [5.41, 5.74) is 1.03. The van der Waals surface area contributed by atoms with Crippen LogP contribution < -0.4 is 9.64 Å². The fraction of sp³-hybridized carbons (Fsp3) is 0.545. The van der Waals surface area contributed by atoms with Crippen molar-refractivity contribution in [2.75, 3.05) is 51.3 Å². The molecule has 0 radical (unpaired) electrons. The van der Waals surface area contributed by atoms with Crippen molar-refractivity contribution in [3.05, 3.63) is 36.8 Å². The van der Waals surface area contributed by atoms with Crippen molar-refractivity contribution in [2.45, 2.75) is 31.3 Å². The quantitative estimate of drug-likeness (QED) is 0.650. The van der Waals surface area contributed by atoms with Crippen LogP contribution in [0.4, 0.5) is 5.69 Å². The monoisotopic (exact) mass is 461 g/mol. The summed E-state index contributed by atoms with van der Waals surface area (Å²) in [5.74, 6) is 0.555. The van der Waals surface area contributed by atoms with Crippen LogP contribution in [0.1, 0.15) is 19.8 Å². The summed E-state index contributed by atoms with van der Waals surface area (Å²) in [6.45, 7) is 5.89. The van der Waals surface area contributed by atoms with Gasteiger partial charge in [-0.15, -0.1) is 0 Å². The van der Waals surface area contributed by atoms with E-state index in [0.29, 0.717) is 39.0 Å². The third-order valence-corrected chi connectivity index (χ3v) is 8.08. The number of nitrogens with zero attached hydrogens (tertiary/aromatic N) is 5. The minimum Gasteiger partial charge on any atom is -0.495 e. The maximum absolute atomic E-state index is 13.2. The number of hydrogen-bond donors (Lipinski definition) is 0. The fourth-order valence-electron chi connectivity index (χ4n) is 4.46. The molecular weight excluding hydrogens is 430 g/mol. The van der Waals surface area contributed by atoms with Crippen molar-refractivity contribution in [1.29, 1.82) is 0 Å². The maximum atomic E-state index is 13.2. The highest BCUT2D eigenvalue weighted by molar-refractivity contribution is 7.89. The van der Waals surface area contributed by atoms with Crippen molar-refractivity contribution < 1.29 is 17.9 Å². The lowest BCUT2D eigenvalue weighted by Gasteiger charge is -2.39. The summed E-state index contributed by atoms with van der Waals surface area (Å²) in [5, 5.41) is 0.0536. The first-order chi connectivity index (χ1) is 15.4. The molecule has 9 nitrogen and oxygen atoms in total. The standard InChI is InChI=1S/C22H31N5O4S/c1-3-24-16-21(23-17-24)32(29,30)27-10-6-7-18(15-27)22(28)26-13-11-25(12-14-26)19-8-4-5-9-20(19)31-2/h4-5,8-9,16-18H,3,6-7,10-15H2,1-2H3/t18-/m1/s1. The van der Waals surface area contributed by atoms with Gasteiger partial charge in [-0.1, -0.05) is 12.1 Å². The largest absolute Gasteiger partial charge is 0.495 e. The summed E-state index contributed by atoms with van der Waals surface area (Å²) < 4.78 is 34.7. The zero-order chi connectivity index (χ0) is 22.7. The molecule has 2 aromatic rings. The molecule has 0 bridgehead atoms. The van der Waals surface area contributed by atoms with Crippen LogP contribution >= 0.6 is 0 Å². The van der Waals surface area contributed by atoms with Gasteiger partial charge >= 0.3 is 0 Å². The molecule has 32 heavy (non-hydrogen) atoms. The Bertz CT molecular complexity index is 1050. The van der Waals surface area contributed by atoms with Gasteiger partial charge < -0.3 is 19.1 Å². The second kappa shape index (κ2) is 9.50. The van der Waals surface area contributed by atoms with Crippen LogP contribution in [0.15, 0.2) is 41.8 Å². The number of para-hydroxylation sites is 2. The molecule has 1 atom stereocenters. The molecule has 0 spiro atoms. The Labute approximate surface area is 189 Å². The summed E-state index contributed by atoms with van der Waals surface area (Å²) in [6.07, 6.45) is 4.46. The van der Waals surface area contributed by atoms with Gasteiger partial charge in [0.15, 0.2) is 5.03 Å². The van der Waals surface area contributed by atoms with Crippen molar-refractivity contribution in [1.82, 2.24) is 18.8 Å². The van der Waals surface area contributed by atoms with Gasteiger partial charge in [0.2, 0.25) is 5.91 Å². The number of carbonyl (C=O) groups is 1. The topological polar surface area (TPSA) is 88.0 Å². The lowest BCUT2D eigenvalue weighted by atomic mass is 9.97. The smallest absolute Gasteiger partial charge is 0.262 e. The van der Waals surface area contributed by atoms with Crippen LogP contribution in [0.2, 0.25) is 0 Å². The first-order valence-electron chi connectivity index (χ1n) is 11.1. The highest BCUT2D eigenvalue weighted by Crippen LogP contribution is 2.29. The first kappa shape index (κ1) is 22.6. The molecule has 2 aliphatic heterocycles. The number of piperidine rings is 1. The number of hydrogen-bond acceptors (Lipinski definition) is 6. The number of rotatable bonds is 6. The molecule has 0 N–H and O–H groups in total. The van der Waals surface area contributed by atoms with E-state index in [0.717, 1.165) is 24.5 Å². The molecule has 10 heteroatoms. The molecule has 3 heterocycles. The summed E-state index contributed by atoms with van der Waals surface area (Å²) in [7, 11) is -2.03. The van der Waals surface area contributed by atoms with Crippen molar-refractivity contribution in [2.24, 2.45) is 5.92 Å². The number of aryl methyl sites for hydroxylation is 1. The molecule has 4 rings (SSSR count). The highest BCUT2D eigenvalue weighted by Gasteiger charge is 2.36. The maximum Gasteiger partial charge on any atom is 0.262 e. The molecule has 0 saturated carbocycles. The molecule has 2 fully saturated rings. The predicted octanol–water partition coefficient (Wildman–Crippen LogP) is 1.66. The van der Waals surface area contributed by atoms with Gasteiger partial charge in [0.05, 0.1) is 25.0 Å². The van der Waals surface area contributed by atoms with Gasteiger partial charge in [-0.2, -0.15) is 4.31 Å². The van der Waals surface area contributed by atoms with Gasteiger partial charge in [-0.05, 0) is 31.9 Å². The number of anilines is 1. The lowest BCUT2D eigenvalue weighted by molar-refractivity contribution is -0.137. The van der Waals surface area contributed by atoms with E-state index in [1.165, 1.54) is 10.6 Å². The number of imidazole rings is 1. The van der Waals surface area contributed by atoms with E-state index in [1.807, 2.05) is 36.1 Å². The van der Waals surface area contributed by atoms with Crippen LogP contribution in [-0.4, -0.2) is 79.5 Å². The fourth-order valence-corrected chi connectivity index (χ4v) is 5.92. The minimum absolute atomic E-state index is 0.0451.